The van der Waals surface area contributed by atoms with Crippen molar-refractivity contribution >= 4 is 5.69 Å². The maximum atomic E-state index is 11.0. The third-order valence-corrected chi connectivity index (χ3v) is 5.77. The number of anilines is 1. The van der Waals surface area contributed by atoms with E-state index in [0.717, 1.165) is 49.7 Å². The molecule has 2 aromatic carbocycles. The molecular weight excluding hydrogens is 388 g/mol. The number of benzene rings is 2. The molecule has 4 rings (SSSR count). The van der Waals surface area contributed by atoms with E-state index in [9.17, 15) is 5.11 Å². The van der Waals surface area contributed by atoms with Crippen molar-refractivity contribution in [3.8, 4) is 5.75 Å². The van der Waals surface area contributed by atoms with Gasteiger partial charge < -0.3 is 19.3 Å². The molecule has 1 aliphatic heterocycles. The highest BCUT2D eigenvalue weighted by atomic mass is 16.5. The van der Waals surface area contributed by atoms with E-state index in [0.29, 0.717) is 12.4 Å². The predicted molar refractivity (Wildman–Crippen MR) is 123 cm³/mol. The van der Waals surface area contributed by atoms with E-state index in [4.69, 9.17) is 4.74 Å². The number of rotatable bonds is 8. The lowest BCUT2D eigenvalue weighted by molar-refractivity contribution is 0.205. The van der Waals surface area contributed by atoms with Crippen LogP contribution < -0.4 is 9.64 Å². The molecule has 0 unspecified atom stereocenters. The Labute approximate surface area is 184 Å². The number of nitrogens with zero attached hydrogens (tertiary/aromatic N) is 4. The van der Waals surface area contributed by atoms with Gasteiger partial charge in [0.2, 0.25) is 0 Å². The van der Waals surface area contributed by atoms with Crippen LogP contribution in [-0.2, 0) is 13.6 Å². The van der Waals surface area contributed by atoms with E-state index in [2.05, 4.69) is 39.6 Å². The molecule has 0 spiro atoms. The van der Waals surface area contributed by atoms with Crippen molar-refractivity contribution in [1.82, 2.24) is 14.5 Å². The molecule has 31 heavy (non-hydrogen) atoms. The fraction of sp³-hybridized carbons (Fsp3) is 0.320. The zero-order chi connectivity index (χ0) is 21.6. The average molecular weight is 419 g/mol. The van der Waals surface area contributed by atoms with Crippen LogP contribution >= 0.6 is 0 Å². The topological polar surface area (TPSA) is 53.8 Å². The summed E-state index contributed by atoms with van der Waals surface area (Å²) in [6.45, 7) is 8.81. The van der Waals surface area contributed by atoms with Crippen LogP contribution in [0.25, 0.3) is 0 Å². The molecule has 1 saturated heterocycles. The SMILES string of the molecule is C=CCOc1ccccc1CN1CCN(c2ccccc2[C@H](O)c2nccn2C)CC1. The van der Waals surface area contributed by atoms with Crippen molar-refractivity contribution in [2.45, 2.75) is 12.6 Å². The number of aliphatic hydroxyl groups excluding tert-OH is 1. The minimum absolute atomic E-state index is 0.514. The van der Waals surface area contributed by atoms with E-state index in [-0.39, 0.29) is 0 Å². The molecule has 1 atom stereocenters. The molecule has 0 amide bonds. The van der Waals surface area contributed by atoms with Crippen molar-refractivity contribution in [3.05, 3.63) is 90.5 Å². The number of hydrogen-bond acceptors (Lipinski definition) is 5. The molecule has 3 aromatic rings. The zero-order valence-corrected chi connectivity index (χ0v) is 18.0. The number of aromatic nitrogens is 2. The van der Waals surface area contributed by atoms with Crippen LogP contribution in [0.3, 0.4) is 0 Å². The fourth-order valence-corrected chi connectivity index (χ4v) is 4.10. The summed E-state index contributed by atoms with van der Waals surface area (Å²) in [7, 11) is 1.91. The minimum Gasteiger partial charge on any atom is -0.489 e. The summed E-state index contributed by atoms with van der Waals surface area (Å²) in [6.07, 6.45) is 4.60. The van der Waals surface area contributed by atoms with Crippen LogP contribution in [0.2, 0.25) is 0 Å². The second-order valence-electron chi connectivity index (χ2n) is 7.83. The van der Waals surface area contributed by atoms with Gasteiger partial charge in [-0.1, -0.05) is 49.1 Å². The monoisotopic (exact) mass is 418 g/mol. The minimum atomic E-state index is -0.747. The molecule has 1 aliphatic rings. The first-order valence-electron chi connectivity index (χ1n) is 10.7. The van der Waals surface area contributed by atoms with Crippen LogP contribution in [0.15, 0.2) is 73.6 Å². The molecule has 0 radical (unpaired) electrons. The smallest absolute Gasteiger partial charge is 0.142 e. The number of ether oxygens (including phenoxy) is 1. The number of hydrogen-bond donors (Lipinski definition) is 1. The Kier molecular flexibility index (Phi) is 6.70. The number of aryl methyl sites for hydroxylation is 1. The van der Waals surface area contributed by atoms with Crippen molar-refractivity contribution < 1.29 is 9.84 Å². The van der Waals surface area contributed by atoms with E-state index < -0.39 is 6.10 Å². The van der Waals surface area contributed by atoms with Crippen LogP contribution in [-0.4, -0.2) is 52.3 Å². The standard InChI is InChI=1S/C25H30N4O2/c1-3-18-31-23-11-7-4-8-20(23)19-28-14-16-29(17-15-28)22-10-6-5-9-21(22)24(30)25-26-12-13-27(25)2/h3-13,24,30H,1,14-19H2,2H3/t24-/m0/s1. The van der Waals surface area contributed by atoms with Crippen LogP contribution in [0.5, 0.6) is 5.75 Å². The van der Waals surface area contributed by atoms with Gasteiger partial charge in [-0.25, -0.2) is 4.98 Å². The number of piperazine rings is 1. The lowest BCUT2D eigenvalue weighted by Crippen LogP contribution is -2.46. The molecule has 0 saturated carbocycles. The molecule has 6 heteroatoms. The zero-order valence-electron chi connectivity index (χ0n) is 18.0. The van der Waals surface area contributed by atoms with Crippen molar-refractivity contribution in [3.63, 3.8) is 0 Å². The van der Waals surface area contributed by atoms with Gasteiger partial charge in [0.05, 0.1) is 0 Å². The number of para-hydroxylation sites is 2. The number of aliphatic hydroxyl groups is 1. The predicted octanol–water partition coefficient (Wildman–Crippen LogP) is 3.39. The van der Waals surface area contributed by atoms with E-state index >= 15 is 0 Å². The van der Waals surface area contributed by atoms with E-state index in [1.165, 1.54) is 5.56 Å². The molecule has 6 nitrogen and oxygen atoms in total. The highest BCUT2D eigenvalue weighted by Gasteiger charge is 2.24. The third kappa shape index (κ3) is 4.81. The van der Waals surface area contributed by atoms with Gasteiger partial charge in [-0.05, 0) is 12.1 Å². The first-order valence-corrected chi connectivity index (χ1v) is 10.7. The van der Waals surface area contributed by atoms with Gasteiger partial charge in [0.15, 0.2) is 0 Å². The first kappa shape index (κ1) is 21.2. The Hall–Kier alpha value is -3.09. The molecule has 162 valence electrons. The largest absolute Gasteiger partial charge is 0.489 e. The normalized spacial score (nSPS) is 15.6. The molecule has 0 aliphatic carbocycles. The van der Waals surface area contributed by atoms with Crippen LogP contribution in [0.4, 0.5) is 5.69 Å². The molecule has 2 heterocycles. The summed E-state index contributed by atoms with van der Waals surface area (Å²) in [5, 5.41) is 11.0. The third-order valence-electron chi connectivity index (χ3n) is 5.77. The molecule has 1 aromatic heterocycles. The van der Waals surface area contributed by atoms with Crippen molar-refractivity contribution in [1.29, 1.82) is 0 Å². The maximum Gasteiger partial charge on any atom is 0.142 e. The van der Waals surface area contributed by atoms with Gasteiger partial charge >= 0.3 is 0 Å². The highest BCUT2D eigenvalue weighted by molar-refractivity contribution is 5.56. The van der Waals surface area contributed by atoms with Crippen molar-refractivity contribution in [2.24, 2.45) is 7.05 Å². The van der Waals surface area contributed by atoms with Gasteiger partial charge in [0.25, 0.3) is 0 Å². The van der Waals surface area contributed by atoms with Gasteiger partial charge in [0.1, 0.15) is 24.3 Å². The van der Waals surface area contributed by atoms with Gasteiger partial charge in [-0.15, -0.1) is 0 Å². The second kappa shape index (κ2) is 9.81. The molecular formula is C25H30N4O2. The Morgan fingerprint density at radius 1 is 1.10 bits per heavy atom. The molecule has 1 fully saturated rings. The molecule has 1 N–H and O–H groups in total. The number of imidazole rings is 1. The van der Waals surface area contributed by atoms with E-state index in [1.807, 2.05) is 48.1 Å². The summed E-state index contributed by atoms with van der Waals surface area (Å²) < 4.78 is 7.68. The summed E-state index contributed by atoms with van der Waals surface area (Å²) in [5.41, 5.74) is 3.17. The second-order valence-corrected chi connectivity index (χ2v) is 7.83. The Morgan fingerprint density at radius 2 is 1.84 bits per heavy atom. The van der Waals surface area contributed by atoms with Gasteiger partial charge in [0, 0.05) is 69.0 Å². The molecule has 0 bridgehead atoms. The Bertz CT molecular complexity index is 1010. The van der Waals surface area contributed by atoms with Crippen LogP contribution in [0.1, 0.15) is 23.1 Å². The Balaban J connectivity index is 1.43. The Morgan fingerprint density at radius 3 is 2.58 bits per heavy atom. The van der Waals surface area contributed by atoms with Crippen molar-refractivity contribution in [2.75, 3.05) is 37.7 Å². The van der Waals surface area contributed by atoms with E-state index in [1.54, 1.807) is 12.3 Å². The summed E-state index contributed by atoms with van der Waals surface area (Å²) in [4.78, 5) is 9.14. The van der Waals surface area contributed by atoms with Gasteiger partial charge in [-0.2, -0.15) is 0 Å². The summed E-state index contributed by atoms with van der Waals surface area (Å²) in [5.74, 6) is 1.58. The maximum absolute atomic E-state index is 11.0. The summed E-state index contributed by atoms with van der Waals surface area (Å²) in [6, 6.07) is 16.3. The lowest BCUT2D eigenvalue weighted by Gasteiger charge is -2.37. The van der Waals surface area contributed by atoms with Crippen LogP contribution in [0, 0.1) is 0 Å². The first-order chi connectivity index (χ1) is 15.2. The lowest BCUT2D eigenvalue weighted by atomic mass is 10.0. The summed E-state index contributed by atoms with van der Waals surface area (Å²) >= 11 is 0. The highest BCUT2D eigenvalue weighted by Crippen LogP contribution is 2.31. The fourth-order valence-electron chi connectivity index (χ4n) is 4.10. The van der Waals surface area contributed by atoms with Gasteiger partial charge in [-0.3, -0.25) is 4.90 Å². The quantitative estimate of drug-likeness (QED) is 0.569. The average Bonchev–Trinajstić information content (AvgIpc) is 3.24.